The van der Waals surface area contributed by atoms with Gasteiger partial charge in [-0.05, 0) is 12.5 Å². The number of hydrogen-bond donors (Lipinski definition) is 0. The highest BCUT2D eigenvalue weighted by molar-refractivity contribution is 5.72. The molecule has 0 bridgehead atoms. The maximum absolute atomic E-state index is 4.36. The van der Waals surface area contributed by atoms with Crippen LogP contribution in [0.25, 0.3) is 0 Å². The molecule has 0 N–H and O–H groups in total. The summed E-state index contributed by atoms with van der Waals surface area (Å²) in [5.74, 6) is 0. The molecule has 0 amide bonds. The van der Waals surface area contributed by atoms with Gasteiger partial charge in [0.25, 0.3) is 5.70 Å². The van der Waals surface area contributed by atoms with Crippen molar-refractivity contribution in [2.24, 2.45) is 0 Å². The first kappa shape index (κ1) is 19.4. The Bertz CT molecular complexity index is 292. The van der Waals surface area contributed by atoms with Crippen LogP contribution in [0.4, 0.5) is 0 Å². The molecule has 0 saturated heterocycles. The molecule has 1 heterocycles. The zero-order valence-electron chi connectivity index (χ0n) is 13.1. The molecule has 0 saturated carbocycles. The lowest BCUT2D eigenvalue weighted by Gasteiger charge is -2.01. The van der Waals surface area contributed by atoms with Crippen molar-refractivity contribution in [1.82, 2.24) is 4.99 Å². The van der Waals surface area contributed by atoms with E-state index in [1.165, 1.54) is 76.3 Å². The smallest absolute Gasteiger partial charge is 0.253 e. The Balaban J connectivity index is 0.00000361. The number of allylic oxidation sites excluding steroid dienone is 4. The molecule has 1 aliphatic rings. The van der Waals surface area contributed by atoms with E-state index in [0.29, 0.717) is 0 Å². The minimum Gasteiger partial charge on any atom is -1.00 e. The molecule has 1 rings (SSSR count). The molecule has 1 aliphatic heterocycles. The van der Waals surface area contributed by atoms with E-state index in [9.17, 15) is 0 Å². The maximum Gasteiger partial charge on any atom is 0.253 e. The minimum atomic E-state index is 0. The lowest BCUT2D eigenvalue weighted by atomic mass is 10.0. The van der Waals surface area contributed by atoms with E-state index in [4.69, 9.17) is 0 Å². The van der Waals surface area contributed by atoms with Crippen molar-refractivity contribution in [1.29, 1.82) is 0 Å². The van der Waals surface area contributed by atoms with Gasteiger partial charge in [-0.2, -0.15) is 0 Å². The fourth-order valence-corrected chi connectivity index (χ4v) is 2.52. The van der Waals surface area contributed by atoms with E-state index >= 15 is 0 Å². The van der Waals surface area contributed by atoms with Crippen LogP contribution in [0.15, 0.2) is 23.9 Å². The zero-order chi connectivity index (χ0) is 13.6. The number of nitrogens with zero attached hydrogens (tertiary/aromatic N) is 1. The van der Waals surface area contributed by atoms with Gasteiger partial charge in [0.15, 0.2) is 0 Å². The van der Waals surface area contributed by atoms with E-state index in [0.717, 1.165) is 6.42 Å². The molecule has 0 aliphatic carbocycles. The van der Waals surface area contributed by atoms with Crippen LogP contribution in [0.2, 0.25) is 0 Å². The quantitative estimate of drug-likeness (QED) is 0.492. The van der Waals surface area contributed by atoms with Gasteiger partial charge in [0.1, 0.15) is 0 Å². The van der Waals surface area contributed by atoms with E-state index in [-0.39, 0.29) is 12.4 Å². The standard InChI is InChI=1S/C18H31N.ClH/c1-2-3-4-5-6-7-8-9-10-11-12-15-18-16-13-14-17-19-18;/h13-14,16-17H,2-12,15H2,1H3;1H/q+1;/p-1. The van der Waals surface area contributed by atoms with Gasteiger partial charge in [0.2, 0.25) is 6.21 Å². The molecule has 0 atom stereocenters. The zero-order valence-corrected chi connectivity index (χ0v) is 13.9. The number of aliphatic imine (C=N–C) groups is 1. The van der Waals surface area contributed by atoms with Crippen LogP contribution in [0.3, 0.4) is 0 Å². The van der Waals surface area contributed by atoms with Crippen LogP contribution in [0.5, 0.6) is 0 Å². The first-order valence-corrected chi connectivity index (χ1v) is 8.33. The fraction of sp³-hybridized carbons (Fsp3) is 0.722. The van der Waals surface area contributed by atoms with Gasteiger partial charge in [-0.1, -0.05) is 71.1 Å². The average Bonchev–Trinajstić information content (AvgIpc) is 2.46. The van der Waals surface area contributed by atoms with Crippen molar-refractivity contribution in [2.45, 2.75) is 84.0 Å². The Labute approximate surface area is 132 Å². The lowest BCUT2D eigenvalue weighted by molar-refractivity contribution is -0.00000418. The highest BCUT2D eigenvalue weighted by Gasteiger charge is 2.06. The predicted octanol–water partition coefficient (Wildman–Crippen LogP) is 2.55. The summed E-state index contributed by atoms with van der Waals surface area (Å²) in [7, 11) is 0. The van der Waals surface area contributed by atoms with Crippen LogP contribution in [0.1, 0.15) is 84.0 Å². The van der Waals surface area contributed by atoms with Gasteiger partial charge in [0, 0.05) is 18.6 Å². The van der Waals surface area contributed by atoms with Gasteiger partial charge in [-0.15, -0.1) is 0 Å². The van der Waals surface area contributed by atoms with E-state index < -0.39 is 0 Å². The van der Waals surface area contributed by atoms with Gasteiger partial charge in [-0.25, -0.2) is 0 Å². The van der Waals surface area contributed by atoms with Crippen molar-refractivity contribution in [2.75, 3.05) is 0 Å². The topological polar surface area (TPSA) is 14.1 Å². The molecule has 0 fully saturated rings. The maximum atomic E-state index is 4.36. The summed E-state index contributed by atoms with van der Waals surface area (Å²) in [5, 5.41) is 0. The highest BCUT2D eigenvalue weighted by Crippen LogP contribution is 2.13. The van der Waals surface area contributed by atoms with Crippen molar-refractivity contribution >= 4 is 6.21 Å². The van der Waals surface area contributed by atoms with Gasteiger partial charge in [0.05, 0.1) is 4.99 Å². The van der Waals surface area contributed by atoms with Crippen LogP contribution in [-0.4, -0.2) is 6.21 Å². The summed E-state index contributed by atoms with van der Waals surface area (Å²) in [5.41, 5.74) is 1.25. The first-order valence-electron chi connectivity index (χ1n) is 8.33. The molecular formula is C18H31ClN. The molecule has 0 aromatic heterocycles. The van der Waals surface area contributed by atoms with Crippen molar-refractivity contribution in [3.05, 3.63) is 23.9 Å². The number of hydrogen-bond acceptors (Lipinski definition) is 1. The fourth-order valence-electron chi connectivity index (χ4n) is 2.52. The molecule has 0 aromatic rings. The summed E-state index contributed by atoms with van der Waals surface area (Å²) in [6.45, 7) is 2.28. The number of rotatable bonds is 12. The predicted molar refractivity (Wildman–Crippen MR) is 86.5 cm³/mol. The largest absolute Gasteiger partial charge is 1.00 e. The average molecular weight is 297 g/mol. The molecule has 0 aromatic carbocycles. The Kier molecular flexibility index (Phi) is 14.4. The third kappa shape index (κ3) is 11.3. The van der Waals surface area contributed by atoms with E-state index in [1.54, 1.807) is 0 Å². The first-order chi connectivity index (χ1) is 9.43. The Morgan fingerprint density at radius 2 is 1.30 bits per heavy atom. The third-order valence-electron chi connectivity index (χ3n) is 3.76. The molecule has 0 spiro atoms. The summed E-state index contributed by atoms with van der Waals surface area (Å²) in [4.78, 5) is 4.36. The summed E-state index contributed by atoms with van der Waals surface area (Å²) in [6, 6.07) is 0. The van der Waals surface area contributed by atoms with Gasteiger partial charge >= 0.3 is 0 Å². The highest BCUT2D eigenvalue weighted by atomic mass is 35.5. The van der Waals surface area contributed by atoms with Crippen LogP contribution in [0, 0.1) is 0 Å². The van der Waals surface area contributed by atoms with Crippen molar-refractivity contribution < 1.29 is 12.4 Å². The van der Waals surface area contributed by atoms with Crippen LogP contribution in [-0.2, 0) is 0 Å². The van der Waals surface area contributed by atoms with E-state index in [2.05, 4.69) is 24.1 Å². The summed E-state index contributed by atoms with van der Waals surface area (Å²) in [6.07, 6.45) is 24.8. The van der Waals surface area contributed by atoms with Gasteiger partial charge in [-0.3, -0.25) is 0 Å². The second-order valence-electron chi connectivity index (χ2n) is 5.61. The SMILES string of the molecule is CCCCCCCCCCCCCC1=CC=CC=[N+]1.[Cl-]. The molecule has 2 heteroatoms. The Hall–Kier alpha value is -0.560. The van der Waals surface area contributed by atoms with E-state index in [1.807, 2.05) is 12.3 Å². The normalized spacial score (nSPS) is 13.2. The second kappa shape index (κ2) is 14.8. The Morgan fingerprint density at radius 3 is 1.80 bits per heavy atom. The summed E-state index contributed by atoms with van der Waals surface area (Å²) >= 11 is 0. The number of halogens is 1. The molecule has 1 radical (unpaired) electrons. The second-order valence-corrected chi connectivity index (χ2v) is 5.61. The molecule has 20 heavy (non-hydrogen) atoms. The number of unbranched alkanes of at least 4 members (excludes halogenated alkanes) is 10. The minimum absolute atomic E-state index is 0. The monoisotopic (exact) mass is 296 g/mol. The lowest BCUT2D eigenvalue weighted by Crippen LogP contribution is -3.00. The Morgan fingerprint density at radius 1 is 0.750 bits per heavy atom. The third-order valence-corrected chi connectivity index (χ3v) is 3.76. The van der Waals surface area contributed by atoms with Gasteiger partial charge < -0.3 is 12.4 Å². The van der Waals surface area contributed by atoms with Crippen LogP contribution >= 0.6 is 0 Å². The van der Waals surface area contributed by atoms with Crippen LogP contribution < -0.4 is 17.4 Å². The molecule has 115 valence electrons. The molecule has 1 nitrogen and oxygen atoms in total. The van der Waals surface area contributed by atoms with Crippen molar-refractivity contribution in [3.8, 4) is 0 Å². The molecule has 0 unspecified atom stereocenters. The van der Waals surface area contributed by atoms with Crippen molar-refractivity contribution in [3.63, 3.8) is 0 Å². The molecular weight excluding hydrogens is 266 g/mol. The summed E-state index contributed by atoms with van der Waals surface area (Å²) < 4.78 is 0.